The lowest BCUT2D eigenvalue weighted by Gasteiger charge is -2.30. The van der Waals surface area contributed by atoms with Crippen molar-refractivity contribution in [3.63, 3.8) is 0 Å². The molecule has 1 N–H and O–H groups in total. The largest absolute Gasteiger partial charge is 0.324 e. The van der Waals surface area contributed by atoms with E-state index in [2.05, 4.69) is 15.5 Å². The van der Waals surface area contributed by atoms with Crippen LogP contribution in [-0.2, 0) is 21.9 Å². The summed E-state index contributed by atoms with van der Waals surface area (Å²) in [5, 5.41) is 11.8. The van der Waals surface area contributed by atoms with E-state index in [0.29, 0.717) is 16.7 Å². The fourth-order valence-corrected chi connectivity index (χ4v) is 6.46. The molecular formula is C24H29N5O3S2. The number of rotatable bonds is 8. The predicted octanol–water partition coefficient (Wildman–Crippen LogP) is 4.17. The van der Waals surface area contributed by atoms with Gasteiger partial charge in [-0.1, -0.05) is 73.5 Å². The zero-order valence-corrected chi connectivity index (χ0v) is 21.0. The van der Waals surface area contributed by atoms with E-state index in [1.165, 1.54) is 16.1 Å². The molecule has 1 aromatic heterocycles. The Balaban J connectivity index is 1.44. The molecule has 1 fully saturated rings. The summed E-state index contributed by atoms with van der Waals surface area (Å²) in [5.74, 6) is 0.482. The minimum Gasteiger partial charge on any atom is -0.324 e. The van der Waals surface area contributed by atoms with E-state index in [9.17, 15) is 13.2 Å². The van der Waals surface area contributed by atoms with Crippen molar-refractivity contribution >= 4 is 33.4 Å². The van der Waals surface area contributed by atoms with Crippen LogP contribution in [0.5, 0.6) is 0 Å². The van der Waals surface area contributed by atoms with E-state index in [1.54, 1.807) is 31.3 Å². The Bertz CT molecular complexity index is 1240. The van der Waals surface area contributed by atoms with Crippen LogP contribution in [0.2, 0.25) is 0 Å². The van der Waals surface area contributed by atoms with Gasteiger partial charge in [0.15, 0.2) is 11.0 Å². The van der Waals surface area contributed by atoms with Gasteiger partial charge in [-0.3, -0.25) is 4.79 Å². The van der Waals surface area contributed by atoms with Crippen LogP contribution in [0.3, 0.4) is 0 Å². The van der Waals surface area contributed by atoms with Gasteiger partial charge in [0.05, 0.1) is 11.4 Å². The molecule has 180 valence electrons. The van der Waals surface area contributed by atoms with Crippen LogP contribution in [0.15, 0.2) is 64.6 Å². The van der Waals surface area contributed by atoms with Crippen LogP contribution >= 0.6 is 11.8 Å². The van der Waals surface area contributed by atoms with Gasteiger partial charge in [0, 0.05) is 25.7 Å². The monoisotopic (exact) mass is 499 g/mol. The van der Waals surface area contributed by atoms with E-state index in [-0.39, 0.29) is 22.6 Å². The molecule has 0 saturated heterocycles. The number of para-hydroxylation sites is 1. The van der Waals surface area contributed by atoms with Crippen LogP contribution in [0, 0.1) is 0 Å². The maximum absolute atomic E-state index is 13.3. The zero-order chi connectivity index (χ0) is 24.1. The number of nitrogens with zero attached hydrogens (tertiary/aromatic N) is 4. The van der Waals surface area contributed by atoms with Crippen LogP contribution in [0.25, 0.3) is 11.4 Å². The molecule has 34 heavy (non-hydrogen) atoms. The molecule has 0 atom stereocenters. The van der Waals surface area contributed by atoms with Crippen molar-refractivity contribution in [1.82, 2.24) is 19.1 Å². The molecule has 2 aromatic carbocycles. The number of carbonyl (C=O) groups excluding carboxylic acids is 1. The summed E-state index contributed by atoms with van der Waals surface area (Å²) in [5.41, 5.74) is 1.23. The molecular weight excluding hydrogens is 470 g/mol. The smallest absolute Gasteiger partial charge is 0.245 e. The SMILES string of the molecule is CN(C1CCCCC1)S(=O)(=O)c1ccccc1NC(=O)CSc1nnc(-c2ccccc2)n1C. The second-order valence-corrected chi connectivity index (χ2v) is 11.3. The Labute approximate surface area is 204 Å². The van der Waals surface area contributed by atoms with Gasteiger partial charge in [-0.05, 0) is 25.0 Å². The molecule has 3 aromatic rings. The van der Waals surface area contributed by atoms with Crippen molar-refractivity contribution in [1.29, 1.82) is 0 Å². The molecule has 4 rings (SSSR count). The summed E-state index contributed by atoms with van der Waals surface area (Å²) in [4.78, 5) is 12.8. The standard InChI is InChI=1S/C24H29N5O3S2/c1-28-23(18-11-5-3-6-12-18)26-27-24(28)33-17-22(30)25-20-15-9-10-16-21(20)34(31,32)29(2)19-13-7-4-8-14-19/h3,5-6,9-12,15-16,19H,4,7-8,13-14,17H2,1-2H3,(H,25,30). The molecule has 0 aliphatic heterocycles. The van der Waals surface area contributed by atoms with Crippen molar-refractivity contribution in [3.8, 4) is 11.4 Å². The number of carbonyl (C=O) groups is 1. The average Bonchev–Trinajstić information content (AvgIpc) is 3.23. The molecule has 1 aliphatic rings. The van der Waals surface area contributed by atoms with Crippen LogP contribution in [0.1, 0.15) is 32.1 Å². The highest BCUT2D eigenvalue weighted by Crippen LogP contribution is 2.30. The zero-order valence-electron chi connectivity index (χ0n) is 19.3. The predicted molar refractivity (Wildman–Crippen MR) is 134 cm³/mol. The number of aromatic nitrogens is 3. The third kappa shape index (κ3) is 5.34. The second-order valence-electron chi connectivity index (χ2n) is 8.38. The number of hydrogen-bond donors (Lipinski definition) is 1. The first kappa shape index (κ1) is 24.4. The van der Waals surface area contributed by atoms with E-state index < -0.39 is 10.0 Å². The first-order valence-corrected chi connectivity index (χ1v) is 13.7. The highest BCUT2D eigenvalue weighted by Gasteiger charge is 2.31. The van der Waals surface area contributed by atoms with Crippen LogP contribution in [0.4, 0.5) is 5.69 Å². The minimum absolute atomic E-state index is 0.00668. The van der Waals surface area contributed by atoms with E-state index in [4.69, 9.17) is 0 Å². The maximum atomic E-state index is 13.3. The molecule has 1 saturated carbocycles. The Morgan fingerprint density at radius 2 is 1.74 bits per heavy atom. The molecule has 10 heteroatoms. The van der Waals surface area contributed by atoms with Gasteiger partial charge < -0.3 is 9.88 Å². The van der Waals surface area contributed by atoms with Crippen molar-refractivity contribution in [3.05, 3.63) is 54.6 Å². The highest BCUT2D eigenvalue weighted by atomic mass is 32.2. The summed E-state index contributed by atoms with van der Waals surface area (Å²) in [7, 11) is -0.241. The summed E-state index contributed by atoms with van der Waals surface area (Å²) in [6.07, 6.45) is 4.95. The quantitative estimate of drug-likeness (QED) is 0.467. The number of benzene rings is 2. The number of sulfonamides is 1. The van der Waals surface area contributed by atoms with Gasteiger partial charge in [-0.15, -0.1) is 10.2 Å². The van der Waals surface area contributed by atoms with Gasteiger partial charge >= 0.3 is 0 Å². The highest BCUT2D eigenvalue weighted by molar-refractivity contribution is 7.99. The van der Waals surface area contributed by atoms with Crippen LogP contribution < -0.4 is 5.32 Å². The van der Waals surface area contributed by atoms with Crippen molar-refractivity contribution < 1.29 is 13.2 Å². The van der Waals surface area contributed by atoms with Gasteiger partial charge in [-0.25, -0.2) is 8.42 Å². The number of thioether (sulfide) groups is 1. The Kier molecular flexibility index (Phi) is 7.70. The fourth-order valence-electron chi connectivity index (χ4n) is 4.19. The Morgan fingerprint density at radius 3 is 2.47 bits per heavy atom. The van der Waals surface area contributed by atoms with Gasteiger partial charge in [-0.2, -0.15) is 4.31 Å². The number of amides is 1. The van der Waals surface area contributed by atoms with Crippen molar-refractivity contribution in [2.24, 2.45) is 7.05 Å². The molecule has 0 unspecified atom stereocenters. The van der Waals surface area contributed by atoms with E-state index in [0.717, 1.165) is 37.7 Å². The maximum Gasteiger partial charge on any atom is 0.245 e. The molecule has 0 spiro atoms. The topological polar surface area (TPSA) is 97.2 Å². The third-order valence-electron chi connectivity index (χ3n) is 6.11. The molecule has 1 aliphatic carbocycles. The minimum atomic E-state index is -3.73. The Hall–Kier alpha value is -2.69. The van der Waals surface area contributed by atoms with E-state index >= 15 is 0 Å². The lowest BCUT2D eigenvalue weighted by molar-refractivity contribution is -0.113. The molecule has 0 bridgehead atoms. The van der Waals surface area contributed by atoms with Gasteiger partial charge in [0.1, 0.15) is 4.90 Å². The number of anilines is 1. The summed E-state index contributed by atoms with van der Waals surface area (Å²) in [6, 6.07) is 16.3. The molecule has 1 amide bonds. The normalized spacial score (nSPS) is 14.9. The Morgan fingerprint density at radius 1 is 1.06 bits per heavy atom. The summed E-state index contributed by atoms with van der Waals surface area (Å²) in [6.45, 7) is 0. The fraction of sp³-hybridized carbons (Fsp3) is 0.375. The van der Waals surface area contributed by atoms with Crippen LogP contribution in [-0.4, -0.2) is 52.2 Å². The van der Waals surface area contributed by atoms with Crippen molar-refractivity contribution in [2.45, 2.75) is 48.2 Å². The molecule has 8 nitrogen and oxygen atoms in total. The van der Waals surface area contributed by atoms with E-state index in [1.807, 2.05) is 41.9 Å². The first-order valence-electron chi connectivity index (χ1n) is 11.3. The van der Waals surface area contributed by atoms with Crippen molar-refractivity contribution in [2.75, 3.05) is 18.1 Å². The lowest BCUT2D eigenvalue weighted by Crippen LogP contribution is -2.38. The average molecular weight is 500 g/mol. The summed E-state index contributed by atoms with van der Waals surface area (Å²) < 4.78 is 30.0. The van der Waals surface area contributed by atoms with Gasteiger partial charge in [0.2, 0.25) is 15.9 Å². The third-order valence-corrected chi connectivity index (χ3v) is 9.09. The first-order chi connectivity index (χ1) is 16.4. The summed E-state index contributed by atoms with van der Waals surface area (Å²) >= 11 is 1.25. The second kappa shape index (κ2) is 10.7. The molecule has 1 heterocycles. The lowest BCUT2D eigenvalue weighted by atomic mass is 9.96. The number of nitrogens with one attached hydrogen (secondary N) is 1. The molecule has 0 radical (unpaired) electrons. The van der Waals surface area contributed by atoms with Gasteiger partial charge in [0.25, 0.3) is 0 Å². The number of hydrogen-bond acceptors (Lipinski definition) is 6.